The zero-order valence-corrected chi connectivity index (χ0v) is 12.1. The van der Waals surface area contributed by atoms with Crippen molar-refractivity contribution >= 4 is 17.4 Å². The maximum Gasteiger partial charge on any atom is 0.319 e. The molecule has 4 nitrogen and oxygen atoms in total. The molecule has 1 aliphatic rings. The number of amides is 2. The molecule has 4 heteroatoms. The van der Waals surface area contributed by atoms with Gasteiger partial charge in [0.1, 0.15) is 0 Å². The molecule has 0 aromatic heterocycles. The van der Waals surface area contributed by atoms with Crippen molar-refractivity contribution in [3.63, 3.8) is 0 Å². The van der Waals surface area contributed by atoms with E-state index in [1.165, 1.54) is 11.3 Å². The highest BCUT2D eigenvalue weighted by Crippen LogP contribution is 2.28. The number of nitrogens with zero attached hydrogens (tertiary/aromatic N) is 1. The van der Waals surface area contributed by atoms with Gasteiger partial charge in [0.25, 0.3) is 0 Å². The van der Waals surface area contributed by atoms with Crippen LogP contribution < -0.4 is 15.5 Å². The molecular formula is C17H19N3O. The van der Waals surface area contributed by atoms with Gasteiger partial charge >= 0.3 is 6.03 Å². The largest absolute Gasteiger partial charge is 0.374 e. The Balaban J connectivity index is 1.58. The van der Waals surface area contributed by atoms with Crippen LogP contribution in [0.15, 0.2) is 48.5 Å². The monoisotopic (exact) mass is 281 g/mol. The third-order valence-corrected chi connectivity index (χ3v) is 3.76. The van der Waals surface area contributed by atoms with Crippen molar-refractivity contribution in [2.24, 2.45) is 0 Å². The summed E-state index contributed by atoms with van der Waals surface area (Å²) in [5.74, 6) is 0. The van der Waals surface area contributed by atoms with Gasteiger partial charge in [0.15, 0.2) is 0 Å². The lowest BCUT2D eigenvalue weighted by Gasteiger charge is -2.13. The topological polar surface area (TPSA) is 44.4 Å². The molecular weight excluding hydrogens is 262 g/mol. The second-order valence-electron chi connectivity index (χ2n) is 5.31. The first-order chi connectivity index (χ1) is 10.2. The Morgan fingerprint density at radius 3 is 2.81 bits per heavy atom. The molecule has 0 saturated carbocycles. The molecule has 0 bridgehead atoms. The van der Waals surface area contributed by atoms with Gasteiger partial charge in [-0.15, -0.1) is 0 Å². The van der Waals surface area contributed by atoms with Gasteiger partial charge in [-0.3, -0.25) is 0 Å². The number of fused-ring (bicyclic) bond motifs is 1. The summed E-state index contributed by atoms with van der Waals surface area (Å²) in [6.07, 6.45) is 1.03. The highest BCUT2D eigenvalue weighted by molar-refractivity contribution is 5.89. The Morgan fingerprint density at radius 1 is 1.19 bits per heavy atom. The summed E-state index contributed by atoms with van der Waals surface area (Å²) in [5, 5.41) is 5.75. The molecule has 108 valence electrons. The van der Waals surface area contributed by atoms with E-state index in [1.807, 2.05) is 36.4 Å². The van der Waals surface area contributed by atoms with Crippen LogP contribution in [0.1, 0.15) is 11.1 Å². The summed E-state index contributed by atoms with van der Waals surface area (Å²) in [7, 11) is 2.09. The average molecular weight is 281 g/mol. The Bertz CT molecular complexity index is 640. The number of rotatable bonds is 3. The first kappa shape index (κ1) is 13.5. The van der Waals surface area contributed by atoms with Gasteiger partial charge in [0.05, 0.1) is 0 Å². The van der Waals surface area contributed by atoms with Crippen molar-refractivity contribution < 1.29 is 4.79 Å². The highest BCUT2D eigenvalue weighted by atomic mass is 16.2. The average Bonchev–Trinajstić information content (AvgIpc) is 2.87. The molecule has 0 aliphatic carbocycles. The normalized spacial score (nSPS) is 12.9. The third-order valence-electron chi connectivity index (χ3n) is 3.76. The summed E-state index contributed by atoms with van der Waals surface area (Å²) in [5.41, 5.74) is 4.47. The van der Waals surface area contributed by atoms with Crippen molar-refractivity contribution in [1.82, 2.24) is 5.32 Å². The first-order valence-corrected chi connectivity index (χ1v) is 7.15. The van der Waals surface area contributed by atoms with Gasteiger partial charge in [-0.2, -0.15) is 0 Å². The third kappa shape index (κ3) is 3.16. The van der Waals surface area contributed by atoms with Crippen LogP contribution in [0.25, 0.3) is 0 Å². The van der Waals surface area contributed by atoms with Crippen molar-refractivity contribution in [1.29, 1.82) is 0 Å². The van der Waals surface area contributed by atoms with Crippen LogP contribution in [0.5, 0.6) is 0 Å². The summed E-state index contributed by atoms with van der Waals surface area (Å²) in [4.78, 5) is 14.1. The molecule has 0 spiro atoms. The molecule has 0 saturated heterocycles. The minimum absolute atomic E-state index is 0.176. The number of hydrogen-bond acceptors (Lipinski definition) is 2. The fourth-order valence-electron chi connectivity index (χ4n) is 2.60. The van der Waals surface area contributed by atoms with E-state index in [1.54, 1.807) is 0 Å². The second-order valence-corrected chi connectivity index (χ2v) is 5.31. The molecule has 1 heterocycles. The summed E-state index contributed by atoms with van der Waals surface area (Å²) >= 11 is 0. The molecule has 2 N–H and O–H groups in total. The van der Waals surface area contributed by atoms with Gasteiger partial charge in [-0.1, -0.05) is 30.3 Å². The number of carbonyl (C=O) groups excluding carboxylic acids is 1. The van der Waals surface area contributed by atoms with Crippen LogP contribution in [0.2, 0.25) is 0 Å². The first-order valence-electron chi connectivity index (χ1n) is 7.15. The Labute approximate surface area is 124 Å². The number of likely N-dealkylation sites (N-methyl/N-ethyl adjacent to an activating group) is 1. The van der Waals surface area contributed by atoms with Crippen molar-refractivity contribution in [2.45, 2.75) is 13.0 Å². The van der Waals surface area contributed by atoms with Gasteiger partial charge in [-0.05, 0) is 35.7 Å². The summed E-state index contributed by atoms with van der Waals surface area (Å²) in [6, 6.07) is 15.8. The fraction of sp³-hybridized carbons (Fsp3) is 0.235. The van der Waals surface area contributed by atoms with Crippen molar-refractivity contribution in [3.8, 4) is 0 Å². The lowest BCUT2D eigenvalue weighted by atomic mass is 10.1. The van der Waals surface area contributed by atoms with Crippen LogP contribution in [0, 0.1) is 0 Å². The number of nitrogens with one attached hydrogen (secondary N) is 2. The van der Waals surface area contributed by atoms with Crippen LogP contribution >= 0.6 is 0 Å². The molecule has 3 rings (SSSR count). The van der Waals surface area contributed by atoms with E-state index < -0.39 is 0 Å². The van der Waals surface area contributed by atoms with E-state index in [2.05, 4.69) is 34.7 Å². The van der Waals surface area contributed by atoms with E-state index in [0.29, 0.717) is 6.54 Å². The maximum atomic E-state index is 11.9. The van der Waals surface area contributed by atoms with Crippen LogP contribution in [-0.4, -0.2) is 19.6 Å². The standard InChI is InChI=1S/C17H19N3O/c1-20-10-9-14-11-15(7-8-16(14)20)19-17(21)18-12-13-5-3-2-4-6-13/h2-8,11H,9-10,12H2,1H3,(H2,18,19,21). The van der Waals surface area contributed by atoms with Gasteiger partial charge in [0.2, 0.25) is 0 Å². The van der Waals surface area contributed by atoms with Crippen LogP contribution in [-0.2, 0) is 13.0 Å². The Morgan fingerprint density at radius 2 is 2.00 bits per heavy atom. The summed E-state index contributed by atoms with van der Waals surface area (Å²) < 4.78 is 0. The van der Waals surface area contributed by atoms with E-state index in [4.69, 9.17) is 0 Å². The smallest absolute Gasteiger partial charge is 0.319 e. The lowest BCUT2D eigenvalue weighted by molar-refractivity contribution is 0.251. The zero-order valence-electron chi connectivity index (χ0n) is 12.1. The molecule has 21 heavy (non-hydrogen) atoms. The maximum absolute atomic E-state index is 11.9. The quantitative estimate of drug-likeness (QED) is 0.908. The molecule has 2 aromatic rings. The number of anilines is 2. The molecule has 0 unspecified atom stereocenters. The van der Waals surface area contributed by atoms with Gasteiger partial charge < -0.3 is 15.5 Å². The van der Waals surface area contributed by atoms with Gasteiger partial charge in [0, 0.05) is 31.5 Å². The number of hydrogen-bond donors (Lipinski definition) is 2. The summed E-state index contributed by atoms with van der Waals surface area (Å²) in [6.45, 7) is 1.57. The molecule has 1 aliphatic heterocycles. The van der Waals surface area contributed by atoms with Crippen LogP contribution in [0.4, 0.5) is 16.2 Å². The van der Waals surface area contributed by atoms with Crippen molar-refractivity contribution in [2.75, 3.05) is 23.8 Å². The Kier molecular flexibility index (Phi) is 3.77. The van der Waals surface area contributed by atoms with E-state index >= 15 is 0 Å². The van der Waals surface area contributed by atoms with E-state index in [0.717, 1.165) is 24.2 Å². The highest BCUT2D eigenvalue weighted by Gasteiger charge is 2.15. The minimum atomic E-state index is -0.176. The predicted octanol–water partition coefficient (Wildman–Crippen LogP) is 3.00. The SMILES string of the molecule is CN1CCc2cc(NC(=O)NCc3ccccc3)ccc21. The predicted molar refractivity (Wildman–Crippen MR) is 85.7 cm³/mol. The minimum Gasteiger partial charge on any atom is -0.374 e. The van der Waals surface area contributed by atoms with Crippen molar-refractivity contribution in [3.05, 3.63) is 59.7 Å². The zero-order chi connectivity index (χ0) is 14.7. The molecule has 0 fully saturated rings. The number of carbonyl (C=O) groups is 1. The molecule has 0 radical (unpaired) electrons. The van der Waals surface area contributed by atoms with E-state index in [9.17, 15) is 4.79 Å². The number of urea groups is 1. The Hall–Kier alpha value is -2.49. The molecule has 0 atom stereocenters. The molecule has 2 aromatic carbocycles. The van der Waals surface area contributed by atoms with Gasteiger partial charge in [-0.25, -0.2) is 4.79 Å². The van der Waals surface area contributed by atoms with Crippen LogP contribution in [0.3, 0.4) is 0 Å². The second kappa shape index (κ2) is 5.87. The molecule has 2 amide bonds. The fourth-order valence-corrected chi connectivity index (χ4v) is 2.60. The van der Waals surface area contributed by atoms with E-state index in [-0.39, 0.29) is 6.03 Å². The lowest BCUT2D eigenvalue weighted by Crippen LogP contribution is -2.28. The number of benzene rings is 2.